The Morgan fingerprint density at radius 2 is 2.24 bits per heavy atom. The van der Waals surface area contributed by atoms with Crippen LogP contribution < -0.4 is 11.1 Å². The smallest absolute Gasteiger partial charge is 0.350 e. The standard InChI is InChI=1S/C15H21N3O2S/c1-3-5-15(6-7-15)9-18-13-10(8-16)11(17)12(21-13)14(19)20-4-2/h18H,3-7,9,17H2,1-2H3. The third-order valence-corrected chi connectivity index (χ3v) is 5.02. The zero-order valence-electron chi connectivity index (χ0n) is 12.5. The molecule has 1 aliphatic carbocycles. The molecule has 1 fully saturated rings. The van der Waals surface area contributed by atoms with Crippen molar-refractivity contribution in [2.45, 2.75) is 39.5 Å². The van der Waals surface area contributed by atoms with Gasteiger partial charge in [-0.3, -0.25) is 0 Å². The number of carbonyl (C=O) groups is 1. The molecule has 0 bridgehead atoms. The quantitative estimate of drug-likeness (QED) is 0.754. The number of ether oxygens (including phenoxy) is 1. The molecule has 114 valence electrons. The lowest BCUT2D eigenvalue weighted by molar-refractivity contribution is 0.0533. The number of nitrogens with one attached hydrogen (secondary N) is 1. The van der Waals surface area contributed by atoms with Crippen molar-refractivity contribution in [2.24, 2.45) is 5.41 Å². The first-order chi connectivity index (χ1) is 10.1. The van der Waals surface area contributed by atoms with Gasteiger partial charge in [-0.25, -0.2) is 4.79 Å². The molecule has 1 aliphatic rings. The van der Waals surface area contributed by atoms with Crippen molar-refractivity contribution in [3.05, 3.63) is 10.4 Å². The third-order valence-electron chi connectivity index (χ3n) is 3.88. The lowest BCUT2D eigenvalue weighted by atomic mass is 10.0. The van der Waals surface area contributed by atoms with E-state index in [2.05, 4.69) is 18.3 Å². The Bertz CT molecular complexity index is 570. The predicted molar refractivity (Wildman–Crippen MR) is 84.5 cm³/mol. The number of nitrogens with zero attached hydrogens (tertiary/aromatic N) is 1. The molecule has 0 aliphatic heterocycles. The van der Waals surface area contributed by atoms with Gasteiger partial charge in [0, 0.05) is 6.54 Å². The average molecular weight is 307 g/mol. The van der Waals surface area contributed by atoms with E-state index < -0.39 is 5.97 Å². The van der Waals surface area contributed by atoms with Gasteiger partial charge in [0.1, 0.15) is 21.5 Å². The Hall–Kier alpha value is -1.74. The first kappa shape index (κ1) is 15.6. The van der Waals surface area contributed by atoms with Crippen molar-refractivity contribution in [1.29, 1.82) is 5.26 Å². The number of hydrogen-bond acceptors (Lipinski definition) is 6. The highest BCUT2D eigenvalue weighted by Gasteiger charge is 2.41. The molecule has 21 heavy (non-hydrogen) atoms. The summed E-state index contributed by atoms with van der Waals surface area (Å²) in [4.78, 5) is 12.1. The molecular weight excluding hydrogens is 286 g/mol. The topological polar surface area (TPSA) is 88.1 Å². The Morgan fingerprint density at radius 1 is 1.52 bits per heavy atom. The van der Waals surface area contributed by atoms with E-state index in [1.54, 1.807) is 6.92 Å². The fourth-order valence-corrected chi connectivity index (χ4v) is 3.48. The monoisotopic (exact) mass is 307 g/mol. The van der Waals surface area contributed by atoms with Crippen LogP contribution in [0.1, 0.15) is 54.8 Å². The summed E-state index contributed by atoms with van der Waals surface area (Å²) in [7, 11) is 0. The maximum atomic E-state index is 11.8. The van der Waals surface area contributed by atoms with Crippen LogP contribution in [0.15, 0.2) is 0 Å². The summed E-state index contributed by atoms with van der Waals surface area (Å²) < 4.78 is 4.97. The number of nitriles is 1. The van der Waals surface area contributed by atoms with Gasteiger partial charge in [-0.05, 0) is 31.6 Å². The van der Waals surface area contributed by atoms with Crippen LogP contribution in [0, 0.1) is 16.7 Å². The zero-order chi connectivity index (χ0) is 15.5. The van der Waals surface area contributed by atoms with Crippen LogP contribution in [0.4, 0.5) is 10.7 Å². The summed E-state index contributed by atoms with van der Waals surface area (Å²) in [6, 6.07) is 2.09. The van der Waals surface area contributed by atoms with Crippen LogP contribution in [0.2, 0.25) is 0 Å². The molecule has 0 aromatic carbocycles. The van der Waals surface area contributed by atoms with Crippen molar-refractivity contribution >= 4 is 28.0 Å². The SMILES string of the molecule is CCCC1(CNc2sc(C(=O)OCC)c(N)c2C#N)CC1. The molecule has 0 spiro atoms. The second-order valence-electron chi connectivity index (χ2n) is 5.48. The summed E-state index contributed by atoms with van der Waals surface area (Å²) in [5, 5.41) is 13.3. The summed E-state index contributed by atoms with van der Waals surface area (Å²) in [5.41, 5.74) is 6.85. The molecule has 0 radical (unpaired) electrons. The highest BCUT2D eigenvalue weighted by molar-refractivity contribution is 7.18. The Morgan fingerprint density at radius 3 is 2.76 bits per heavy atom. The predicted octanol–water partition coefficient (Wildman–Crippen LogP) is 3.37. The molecule has 0 amide bonds. The summed E-state index contributed by atoms with van der Waals surface area (Å²) >= 11 is 1.21. The number of thiophene rings is 1. The summed E-state index contributed by atoms with van der Waals surface area (Å²) in [5.74, 6) is -0.459. The fraction of sp³-hybridized carbons (Fsp3) is 0.600. The van der Waals surface area contributed by atoms with Crippen molar-refractivity contribution in [3.8, 4) is 6.07 Å². The maximum Gasteiger partial charge on any atom is 0.350 e. The van der Waals surface area contributed by atoms with Gasteiger partial charge in [-0.1, -0.05) is 13.3 Å². The van der Waals surface area contributed by atoms with Crippen molar-refractivity contribution in [3.63, 3.8) is 0 Å². The lowest BCUT2D eigenvalue weighted by Crippen LogP contribution is -2.15. The molecule has 0 unspecified atom stereocenters. The molecule has 0 atom stereocenters. The number of nitrogen functional groups attached to an aromatic ring is 1. The largest absolute Gasteiger partial charge is 0.462 e. The number of carbonyl (C=O) groups excluding carboxylic acids is 1. The minimum atomic E-state index is -0.459. The number of hydrogen-bond donors (Lipinski definition) is 2. The highest BCUT2D eigenvalue weighted by atomic mass is 32.1. The van der Waals surface area contributed by atoms with E-state index in [1.807, 2.05) is 0 Å². The number of anilines is 2. The average Bonchev–Trinajstić information content (AvgIpc) is 3.14. The molecule has 1 aromatic rings. The molecule has 2 rings (SSSR count). The number of esters is 1. The molecule has 6 heteroatoms. The maximum absolute atomic E-state index is 11.8. The van der Waals surface area contributed by atoms with Crippen LogP contribution in [0.5, 0.6) is 0 Å². The van der Waals surface area contributed by atoms with E-state index in [-0.39, 0.29) is 5.69 Å². The van der Waals surface area contributed by atoms with Crippen LogP contribution in [-0.2, 0) is 4.74 Å². The van der Waals surface area contributed by atoms with Crippen LogP contribution in [0.25, 0.3) is 0 Å². The third kappa shape index (κ3) is 3.30. The molecule has 1 saturated carbocycles. The van der Waals surface area contributed by atoms with Crippen LogP contribution >= 0.6 is 11.3 Å². The molecule has 0 saturated heterocycles. The summed E-state index contributed by atoms with van der Waals surface area (Å²) in [6.07, 6.45) is 4.80. The van der Waals surface area contributed by atoms with Gasteiger partial charge in [0.2, 0.25) is 0 Å². The van der Waals surface area contributed by atoms with Gasteiger partial charge in [-0.2, -0.15) is 5.26 Å². The minimum Gasteiger partial charge on any atom is -0.462 e. The first-order valence-corrected chi connectivity index (χ1v) is 8.12. The van der Waals surface area contributed by atoms with Crippen molar-refractivity contribution in [2.75, 3.05) is 24.2 Å². The Kier molecular flexibility index (Phi) is 4.73. The van der Waals surface area contributed by atoms with Gasteiger partial charge < -0.3 is 15.8 Å². The zero-order valence-corrected chi connectivity index (χ0v) is 13.3. The molecular formula is C15H21N3O2S. The highest BCUT2D eigenvalue weighted by Crippen LogP contribution is 2.50. The molecule has 1 heterocycles. The second-order valence-corrected chi connectivity index (χ2v) is 6.51. The first-order valence-electron chi connectivity index (χ1n) is 7.30. The van der Waals surface area contributed by atoms with E-state index in [4.69, 9.17) is 10.5 Å². The molecule has 5 nitrogen and oxygen atoms in total. The van der Waals surface area contributed by atoms with Crippen LogP contribution in [0.3, 0.4) is 0 Å². The van der Waals surface area contributed by atoms with E-state index in [1.165, 1.54) is 30.6 Å². The normalized spacial score (nSPS) is 15.3. The van der Waals surface area contributed by atoms with E-state index in [9.17, 15) is 10.1 Å². The van der Waals surface area contributed by atoms with E-state index >= 15 is 0 Å². The van der Waals surface area contributed by atoms with Gasteiger partial charge >= 0.3 is 5.97 Å². The fourth-order valence-electron chi connectivity index (χ4n) is 2.52. The van der Waals surface area contributed by atoms with E-state index in [0.29, 0.717) is 27.5 Å². The van der Waals surface area contributed by atoms with Crippen molar-refractivity contribution < 1.29 is 9.53 Å². The number of nitrogens with two attached hydrogens (primary N) is 1. The van der Waals surface area contributed by atoms with Crippen LogP contribution in [-0.4, -0.2) is 19.1 Å². The minimum absolute atomic E-state index is 0.226. The Labute approximate surface area is 129 Å². The number of rotatable bonds is 7. The van der Waals surface area contributed by atoms with Gasteiger partial charge in [-0.15, -0.1) is 11.3 Å². The van der Waals surface area contributed by atoms with Gasteiger partial charge in [0.25, 0.3) is 0 Å². The van der Waals surface area contributed by atoms with Crippen molar-refractivity contribution in [1.82, 2.24) is 0 Å². The van der Waals surface area contributed by atoms with E-state index in [0.717, 1.165) is 13.0 Å². The van der Waals surface area contributed by atoms with Gasteiger partial charge in [0.05, 0.1) is 12.3 Å². The molecule has 1 aromatic heterocycles. The lowest BCUT2D eigenvalue weighted by Gasteiger charge is -2.14. The Balaban J connectivity index is 2.14. The summed E-state index contributed by atoms with van der Waals surface area (Å²) in [6.45, 7) is 5.05. The second kappa shape index (κ2) is 6.35. The van der Waals surface area contributed by atoms with Gasteiger partial charge in [0.15, 0.2) is 0 Å². The molecule has 3 N–H and O–H groups in total.